The Morgan fingerprint density at radius 1 is 1.14 bits per heavy atom. The van der Waals surface area contributed by atoms with Crippen molar-refractivity contribution < 1.29 is 0 Å². The van der Waals surface area contributed by atoms with Crippen LogP contribution in [0.15, 0.2) is 36.7 Å². The summed E-state index contributed by atoms with van der Waals surface area (Å²) >= 11 is 0. The summed E-state index contributed by atoms with van der Waals surface area (Å²) in [6.45, 7) is 3.42. The normalized spacial score (nSPS) is 25.3. The predicted molar refractivity (Wildman–Crippen MR) is 86.5 cm³/mol. The first kappa shape index (κ1) is 13.6. The van der Waals surface area contributed by atoms with Gasteiger partial charge in [-0.2, -0.15) is 4.98 Å². The molecule has 4 rings (SSSR count). The summed E-state index contributed by atoms with van der Waals surface area (Å²) in [4.78, 5) is 15.8. The average molecular weight is 295 g/mol. The number of nitrogens with zero attached hydrogens (tertiary/aromatic N) is 4. The molecule has 2 unspecified atom stereocenters. The van der Waals surface area contributed by atoms with Gasteiger partial charge in [0.05, 0.1) is 0 Å². The summed E-state index contributed by atoms with van der Waals surface area (Å²) in [6.07, 6.45) is 5.47. The van der Waals surface area contributed by atoms with Gasteiger partial charge in [0.15, 0.2) is 5.82 Å². The quantitative estimate of drug-likeness (QED) is 0.939. The maximum atomic E-state index is 4.57. The molecule has 1 aromatic carbocycles. The van der Waals surface area contributed by atoms with Crippen molar-refractivity contribution in [1.82, 2.24) is 19.9 Å². The van der Waals surface area contributed by atoms with Crippen molar-refractivity contribution in [3.8, 4) is 11.4 Å². The van der Waals surface area contributed by atoms with E-state index in [9.17, 15) is 0 Å². The molecule has 1 saturated heterocycles. The van der Waals surface area contributed by atoms with Crippen LogP contribution in [0, 0.1) is 0 Å². The van der Waals surface area contributed by atoms with Crippen LogP contribution in [-0.4, -0.2) is 44.5 Å². The molecule has 2 atom stereocenters. The molecular formula is C17H21N5. The second-order valence-electron chi connectivity index (χ2n) is 6.35. The first-order chi connectivity index (χ1) is 10.8. The molecule has 2 aromatic rings. The molecule has 0 radical (unpaired) electrons. The van der Waals surface area contributed by atoms with Crippen LogP contribution >= 0.6 is 0 Å². The van der Waals surface area contributed by atoms with E-state index in [-0.39, 0.29) is 0 Å². The van der Waals surface area contributed by atoms with Gasteiger partial charge >= 0.3 is 0 Å². The minimum absolute atomic E-state index is 0.432. The zero-order chi connectivity index (χ0) is 14.9. The summed E-state index contributed by atoms with van der Waals surface area (Å²) in [5.74, 6) is 1.41. The summed E-state index contributed by atoms with van der Waals surface area (Å²) in [7, 11) is 0. The summed E-state index contributed by atoms with van der Waals surface area (Å²) < 4.78 is 0. The van der Waals surface area contributed by atoms with Gasteiger partial charge in [-0.1, -0.05) is 30.3 Å². The number of nitrogens with one attached hydrogen (secondary N) is 1. The number of anilines is 1. The maximum absolute atomic E-state index is 4.57. The Morgan fingerprint density at radius 2 is 1.95 bits per heavy atom. The van der Waals surface area contributed by atoms with E-state index >= 15 is 0 Å². The Balaban J connectivity index is 1.47. The molecule has 0 bridgehead atoms. The third-order valence-corrected chi connectivity index (χ3v) is 4.58. The SMILES string of the molecule is CC1CC(Nc2ncnc(-c3ccccc3)n2)CN1C1CC1. The minimum Gasteiger partial charge on any atom is -0.350 e. The van der Waals surface area contributed by atoms with Gasteiger partial charge in [-0.3, -0.25) is 4.90 Å². The lowest BCUT2D eigenvalue weighted by atomic mass is 10.2. The third-order valence-electron chi connectivity index (χ3n) is 4.58. The first-order valence-electron chi connectivity index (χ1n) is 8.06. The molecule has 114 valence electrons. The zero-order valence-electron chi connectivity index (χ0n) is 12.8. The van der Waals surface area contributed by atoms with Crippen LogP contribution in [0.1, 0.15) is 26.2 Å². The molecule has 5 nitrogen and oxygen atoms in total. The molecule has 1 aliphatic carbocycles. The number of hydrogen-bond donors (Lipinski definition) is 1. The van der Waals surface area contributed by atoms with Crippen molar-refractivity contribution in [1.29, 1.82) is 0 Å². The van der Waals surface area contributed by atoms with E-state index in [1.54, 1.807) is 6.33 Å². The Hall–Kier alpha value is -2.01. The first-order valence-corrected chi connectivity index (χ1v) is 8.06. The van der Waals surface area contributed by atoms with E-state index in [1.807, 2.05) is 30.3 Å². The van der Waals surface area contributed by atoms with Gasteiger partial charge in [0.1, 0.15) is 6.33 Å². The van der Waals surface area contributed by atoms with Gasteiger partial charge in [0.25, 0.3) is 0 Å². The smallest absolute Gasteiger partial charge is 0.226 e. The zero-order valence-corrected chi connectivity index (χ0v) is 12.8. The molecule has 5 heteroatoms. The fourth-order valence-corrected chi connectivity index (χ4v) is 3.35. The summed E-state index contributed by atoms with van der Waals surface area (Å²) in [5, 5.41) is 3.49. The molecule has 1 saturated carbocycles. The second-order valence-corrected chi connectivity index (χ2v) is 6.35. The summed E-state index contributed by atoms with van der Waals surface area (Å²) in [5.41, 5.74) is 1.02. The van der Waals surface area contributed by atoms with Crippen molar-refractivity contribution >= 4 is 5.95 Å². The Morgan fingerprint density at radius 3 is 2.73 bits per heavy atom. The average Bonchev–Trinajstić information content (AvgIpc) is 3.33. The van der Waals surface area contributed by atoms with Crippen LogP contribution in [0.4, 0.5) is 5.95 Å². The van der Waals surface area contributed by atoms with Gasteiger partial charge < -0.3 is 5.32 Å². The van der Waals surface area contributed by atoms with Crippen molar-refractivity contribution in [2.75, 3.05) is 11.9 Å². The Labute approximate surface area is 130 Å². The Bertz CT molecular complexity index is 641. The highest BCUT2D eigenvalue weighted by molar-refractivity contribution is 5.55. The van der Waals surface area contributed by atoms with Crippen LogP contribution in [0.25, 0.3) is 11.4 Å². The van der Waals surface area contributed by atoms with Gasteiger partial charge in [-0.05, 0) is 26.2 Å². The lowest BCUT2D eigenvalue weighted by Gasteiger charge is -2.19. The minimum atomic E-state index is 0.432. The monoisotopic (exact) mass is 295 g/mol. The highest BCUT2D eigenvalue weighted by Crippen LogP contribution is 2.33. The lowest BCUT2D eigenvalue weighted by Crippen LogP contribution is -2.31. The van der Waals surface area contributed by atoms with E-state index in [2.05, 4.69) is 32.1 Å². The van der Waals surface area contributed by atoms with E-state index in [4.69, 9.17) is 0 Å². The van der Waals surface area contributed by atoms with E-state index in [0.29, 0.717) is 18.0 Å². The molecule has 2 heterocycles. The number of aromatic nitrogens is 3. The Kier molecular flexibility index (Phi) is 3.50. The maximum Gasteiger partial charge on any atom is 0.226 e. The van der Waals surface area contributed by atoms with E-state index in [0.717, 1.165) is 30.4 Å². The highest BCUT2D eigenvalue weighted by atomic mass is 15.3. The van der Waals surface area contributed by atoms with E-state index in [1.165, 1.54) is 12.8 Å². The van der Waals surface area contributed by atoms with Crippen LogP contribution < -0.4 is 5.32 Å². The van der Waals surface area contributed by atoms with Gasteiger partial charge in [-0.15, -0.1) is 0 Å². The molecule has 22 heavy (non-hydrogen) atoms. The molecule has 0 spiro atoms. The molecule has 1 N–H and O–H groups in total. The molecule has 1 aliphatic heterocycles. The second kappa shape index (κ2) is 5.65. The van der Waals surface area contributed by atoms with Crippen LogP contribution in [0.3, 0.4) is 0 Å². The van der Waals surface area contributed by atoms with Crippen molar-refractivity contribution in [2.45, 2.75) is 44.3 Å². The topological polar surface area (TPSA) is 53.9 Å². The van der Waals surface area contributed by atoms with Gasteiger partial charge in [0.2, 0.25) is 5.95 Å². The predicted octanol–water partition coefficient (Wildman–Crippen LogP) is 2.58. The van der Waals surface area contributed by atoms with Crippen LogP contribution in [0.2, 0.25) is 0 Å². The molecule has 1 aromatic heterocycles. The summed E-state index contributed by atoms with van der Waals surface area (Å²) in [6, 6.07) is 11.9. The molecule has 2 fully saturated rings. The standard InChI is InChI=1S/C17H21N5/c1-12-9-14(10-22(12)15-7-8-15)20-17-19-11-18-16(21-17)13-5-3-2-4-6-13/h2-6,11-12,14-15H,7-10H2,1H3,(H,18,19,20,21). The molecular weight excluding hydrogens is 274 g/mol. The van der Waals surface area contributed by atoms with Crippen LogP contribution in [-0.2, 0) is 0 Å². The van der Waals surface area contributed by atoms with Crippen molar-refractivity contribution in [3.63, 3.8) is 0 Å². The van der Waals surface area contributed by atoms with Crippen molar-refractivity contribution in [2.24, 2.45) is 0 Å². The molecule has 0 amide bonds. The number of likely N-dealkylation sites (tertiary alicyclic amines) is 1. The van der Waals surface area contributed by atoms with Crippen LogP contribution in [0.5, 0.6) is 0 Å². The molecule has 2 aliphatic rings. The lowest BCUT2D eigenvalue weighted by molar-refractivity contribution is 0.257. The number of hydrogen-bond acceptors (Lipinski definition) is 5. The van der Waals surface area contributed by atoms with Crippen molar-refractivity contribution in [3.05, 3.63) is 36.7 Å². The largest absolute Gasteiger partial charge is 0.350 e. The third kappa shape index (κ3) is 2.81. The van der Waals surface area contributed by atoms with Gasteiger partial charge in [-0.25, -0.2) is 9.97 Å². The number of rotatable bonds is 4. The van der Waals surface area contributed by atoms with E-state index < -0.39 is 0 Å². The fourth-order valence-electron chi connectivity index (χ4n) is 3.35. The number of benzene rings is 1. The fraction of sp³-hybridized carbons (Fsp3) is 0.471. The van der Waals surface area contributed by atoms with Gasteiger partial charge in [0, 0.05) is 30.2 Å². The highest BCUT2D eigenvalue weighted by Gasteiger charge is 2.38.